The van der Waals surface area contributed by atoms with Gasteiger partial charge in [0.25, 0.3) is 0 Å². The summed E-state index contributed by atoms with van der Waals surface area (Å²) < 4.78 is 5.66. The molecule has 16 heavy (non-hydrogen) atoms. The van der Waals surface area contributed by atoms with Crippen molar-refractivity contribution in [3.63, 3.8) is 0 Å². The molecule has 0 aliphatic rings. The first-order valence-electron chi connectivity index (χ1n) is 4.69. The second-order valence-electron chi connectivity index (χ2n) is 3.49. The van der Waals surface area contributed by atoms with E-state index in [1.165, 1.54) is 16.9 Å². The average molecular weight is 232 g/mol. The highest BCUT2D eigenvalue weighted by Crippen LogP contribution is 2.31. The molecule has 1 aromatic carbocycles. The highest BCUT2D eigenvalue weighted by atomic mass is 32.1. The lowest BCUT2D eigenvalue weighted by Gasteiger charge is -1.88. The Morgan fingerprint density at radius 2 is 2.19 bits per heavy atom. The largest absolute Gasteiger partial charge is 0.379 e. The number of aromatic nitrogens is 3. The van der Waals surface area contributed by atoms with Crippen LogP contribution in [0.4, 0.5) is 5.82 Å². The van der Waals surface area contributed by atoms with Crippen molar-refractivity contribution in [2.24, 2.45) is 0 Å². The molecule has 2 N–H and O–H groups in total. The molecule has 0 aliphatic carbocycles. The third kappa shape index (κ3) is 1.35. The quantitative estimate of drug-likeness (QED) is 0.696. The number of nitrogens with two attached hydrogens (primary N) is 1. The third-order valence-electron chi connectivity index (χ3n) is 2.26. The van der Waals surface area contributed by atoms with Gasteiger partial charge in [0.1, 0.15) is 0 Å². The van der Waals surface area contributed by atoms with Gasteiger partial charge in [-0.2, -0.15) is 0 Å². The van der Waals surface area contributed by atoms with Crippen molar-refractivity contribution in [1.82, 2.24) is 15.3 Å². The highest BCUT2D eigenvalue weighted by Gasteiger charge is 2.14. The molecule has 6 heteroatoms. The second-order valence-corrected chi connectivity index (χ2v) is 4.52. The zero-order valence-corrected chi connectivity index (χ0v) is 9.28. The van der Waals surface area contributed by atoms with Crippen LogP contribution in [0.2, 0.25) is 0 Å². The number of rotatable bonds is 1. The van der Waals surface area contributed by atoms with E-state index in [4.69, 9.17) is 5.73 Å². The van der Waals surface area contributed by atoms with Gasteiger partial charge in [0.15, 0.2) is 16.5 Å². The van der Waals surface area contributed by atoms with Gasteiger partial charge in [0, 0.05) is 0 Å². The van der Waals surface area contributed by atoms with E-state index in [-0.39, 0.29) is 5.82 Å². The van der Waals surface area contributed by atoms with E-state index in [9.17, 15) is 0 Å². The summed E-state index contributed by atoms with van der Waals surface area (Å²) >= 11 is 1.52. The number of hydrogen-bond donors (Lipinski definition) is 1. The first-order chi connectivity index (χ1) is 7.74. The predicted octanol–water partition coefficient (Wildman–Crippen LogP) is 2.24. The summed E-state index contributed by atoms with van der Waals surface area (Å²) in [4.78, 5) is 4.45. The monoisotopic (exact) mass is 232 g/mol. The Labute approximate surface area is 94.9 Å². The van der Waals surface area contributed by atoms with E-state index in [1.807, 2.05) is 19.1 Å². The molecule has 3 rings (SSSR count). The minimum atomic E-state index is 0.274. The molecule has 0 amide bonds. The summed E-state index contributed by atoms with van der Waals surface area (Å²) in [6, 6.07) is 6.11. The van der Waals surface area contributed by atoms with Crippen LogP contribution in [-0.4, -0.2) is 15.3 Å². The maximum absolute atomic E-state index is 5.62. The van der Waals surface area contributed by atoms with Crippen molar-refractivity contribution >= 4 is 27.4 Å². The minimum Gasteiger partial charge on any atom is -0.379 e. The Morgan fingerprint density at radius 1 is 1.31 bits per heavy atom. The van der Waals surface area contributed by atoms with Crippen LogP contribution in [0.1, 0.15) is 5.56 Å². The van der Waals surface area contributed by atoms with Gasteiger partial charge in [-0.25, -0.2) is 9.61 Å². The van der Waals surface area contributed by atoms with Gasteiger partial charge >= 0.3 is 0 Å². The van der Waals surface area contributed by atoms with E-state index < -0.39 is 0 Å². The summed E-state index contributed by atoms with van der Waals surface area (Å²) in [5, 5.41) is 8.02. The minimum absolute atomic E-state index is 0.274. The predicted molar refractivity (Wildman–Crippen MR) is 62.1 cm³/mol. The first-order valence-corrected chi connectivity index (χ1v) is 5.51. The Balaban J connectivity index is 2.23. The Hall–Kier alpha value is -1.95. The van der Waals surface area contributed by atoms with Crippen LogP contribution in [0.3, 0.4) is 0 Å². The maximum atomic E-state index is 5.62. The Kier molecular flexibility index (Phi) is 1.90. The SMILES string of the molecule is Cc1ccc2sc(-c3nonc3N)nc2c1. The Morgan fingerprint density at radius 3 is 2.94 bits per heavy atom. The number of benzene rings is 1. The highest BCUT2D eigenvalue weighted by molar-refractivity contribution is 7.21. The molecule has 0 radical (unpaired) electrons. The van der Waals surface area contributed by atoms with Crippen LogP contribution in [0, 0.1) is 6.92 Å². The van der Waals surface area contributed by atoms with Gasteiger partial charge in [-0.3, -0.25) is 0 Å². The average Bonchev–Trinajstić information content (AvgIpc) is 2.82. The molecule has 5 nitrogen and oxygen atoms in total. The van der Waals surface area contributed by atoms with Crippen molar-refractivity contribution in [3.8, 4) is 10.7 Å². The molecule has 2 heterocycles. The normalized spacial score (nSPS) is 11.1. The standard InChI is InChI=1S/C10H8N4OS/c1-5-2-3-7-6(4-5)12-10(16-7)8-9(11)14-15-13-8/h2-4H,1H3,(H2,11,14). The molecule has 0 spiro atoms. The van der Waals surface area contributed by atoms with E-state index in [0.29, 0.717) is 5.69 Å². The fourth-order valence-electron chi connectivity index (χ4n) is 1.48. The number of fused-ring (bicyclic) bond motifs is 1. The number of hydrogen-bond acceptors (Lipinski definition) is 6. The van der Waals surface area contributed by atoms with E-state index in [2.05, 4.69) is 26.0 Å². The van der Waals surface area contributed by atoms with Gasteiger partial charge in [0.2, 0.25) is 0 Å². The fourth-order valence-corrected chi connectivity index (χ4v) is 2.42. The molecule has 0 aliphatic heterocycles. The van der Waals surface area contributed by atoms with Gasteiger partial charge in [-0.15, -0.1) is 11.3 Å². The molecule has 0 saturated carbocycles. The summed E-state index contributed by atoms with van der Waals surface area (Å²) in [7, 11) is 0. The molecular weight excluding hydrogens is 224 g/mol. The van der Waals surface area contributed by atoms with Crippen molar-refractivity contribution in [2.45, 2.75) is 6.92 Å². The van der Waals surface area contributed by atoms with Gasteiger partial charge in [0.05, 0.1) is 10.2 Å². The molecular formula is C10H8N4OS. The molecule has 0 unspecified atom stereocenters. The topological polar surface area (TPSA) is 77.8 Å². The summed E-state index contributed by atoms with van der Waals surface area (Å²) in [5.41, 5.74) is 8.26. The molecule has 3 aromatic rings. The molecule has 0 bridgehead atoms. The van der Waals surface area contributed by atoms with E-state index in [0.717, 1.165) is 15.2 Å². The number of nitrogens with zero attached hydrogens (tertiary/aromatic N) is 3. The lowest BCUT2D eigenvalue weighted by atomic mass is 10.2. The first kappa shape index (κ1) is 9.29. The maximum Gasteiger partial charge on any atom is 0.198 e. The van der Waals surface area contributed by atoms with Crippen LogP contribution in [0.25, 0.3) is 20.9 Å². The van der Waals surface area contributed by atoms with Gasteiger partial charge < -0.3 is 5.73 Å². The smallest absolute Gasteiger partial charge is 0.198 e. The van der Waals surface area contributed by atoms with Crippen LogP contribution >= 0.6 is 11.3 Å². The third-order valence-corrected chi connectivity index (χ3v) is 3.30. The zero-order chi connectivity index (χ0) is 11.1. The number of thiazole rings is 1. The van der Waals surface area contributed by atoms with Crippen molar-refractivity contribution in [1.29, 1.82) is 0 Å². The van der Waals surface area contributed by atoms with E-state index >= 15 is 0 Å². The van der Waals surface area contributed by atoms with Crippen LogP contribution < -0.4 is 5.73 Å². The van der Waals surface area contributed by atoms with Crippen molar-refractivity contribution in [3.05, 3.63) is 23.8 Å². The van der Waals surface area contributed by atoms with Crippen molar-refractivity contribution in [2.75, 3.05) is 5.73 Å². The Bertz CT molecular complexity index is 658. The second kappa shape index (κ2) is 3.28. The number of anilines is 1. The van der Waals surface area contributed by atoms with Gasteiger partial charge in [-0.1, -0.05) is 6.07 Å². The molecule has 80 valence electrons. The number of nitrogen functional groups attached to an aromatic ring is 1. The lowest BCUT2D eigenvalue weighted by Crippen LogP contribution is -1.87. The summed E-state index contributed by atoms with van der Waals surface area (Å²) in [6.07, 6.45) is 0. The zero-order valence-electron chi connectivity index (χ0n) is 8.47. The lowest BCUT2D eigenvalue weighted by molar-refractivity contribution is 0.310. The van der Waals surface area contributed by atoms with E-state index in [1.54, 1.807) is 0 Å². The van der Waals surface area contributed by atoms with Crippen molar-refractivity contribution < 1.29 is 4.63 Å². The molecule has 0 fully saturated rings. The molecule has 0 atom stereocenters. The number of aryl methyl sites for hydroxylation is 1. The van der Waals surface area contributed by atoms with Crippen LogP contribution in [0.15, 0.2) is 22.8 Å². The summed E-state index contributed by atoms with van der Waals surface area (Å²) in [6.45, 7) is 2.03. The summed E-state index contributed by atoms with van der Waals surface area (Å²) in [5.74, 6) is 0.274. The fraction of sp³-hybridized carbons (Fsp3) is 0.100. The molecule has 0 saturated heterocycles. The van der Waals surface area contributed by atoms with Crippen LogP contribution in [0.5, 0.6) is 0 Å². The van der Waals surface area contributed by atoms with Gasteiger partial charge in [-0.05, 0) is 34.9 Å². The van der Waals surface area contributed by atoms with Crippen LogP contribution in [-0.2, 0) is 0 Å². The molecule has 2 aromatic heterocycles.